The fraction of sp³-hybridized carbons (Fsp3) is 0. The van der Waals surface area contributed by atoms with Gasteiger partial charge in [-0.05, 0) is 28.7 Å². The number of hydrogen-bond acceptors (Lipinski definition) is 2. The lowest BCUT2D eigenvalue weighted by atomic mass is 10.3. The molecule has 1 heterocycles. The van der Waals surface area contributed by atoms with Crippen molar-refractivity contribution in [1.29, 1.82) is 5.26 Å². The maximum atomic E-state index is 8.42. The first-order valence-corrected chi connectivity index (χ1v) is 3.42. The van der Waals surface area contributed by atoms with Crippen molar-refractivity contribution in [2.45, 2.75) is 0 Å². The highest BCUT2D eigenvalue weighted by Crippen LogP contribution is 2.06. The maximum absolute atomic E-state index is 8.42. The van der Waals surface area contributed by atoms with E-state index in [0.717, 1.165) is 3.57 Å². The van der Waals surface area contributed by atoms with E-state index in [2.05, 4.69) is 27.6 Å². The Morgan fingerprint density at radius 2 is 2.44 bits per heavy atom. The van der Waals surface area contributed by atoms with E-state index in [1.807, 2.05) is 6.07 Å². The minimum absolute atomic E-state index is 0.637. The zero-order valence-electron chi connectivity index (χ0n) is 4.50. The Morgan fingerprint density at radius 1 is 1.67 bits per heavy atom. The van der Waals surface area contributed by atoms with Crippen LogP contribution in [-0.2, 0) is 0 Å². The van der Waals surface area contributed by atoms with Crippen LogP contribution in [0.1, 0.15) is 5.56 Å². The molecule has 0 saturated heterocycles. The summed E-state index contributed by atoms with van der Waals surface area (Å²) in [5, 5.41) is 8.42. The van der Waals surface area contributed by atoms with E-state index in [-0.39, 0.29) is 0 Å². The minimum Gasteiger partial charge on any atom is -0.263 e. The molecule has 0 fully saturated rings. The summed E-state index contributed by atoms with van der Waals surface area (Å²) >= 11 is 2.10. The van der Waals surface area contributed by atoms with E-state index in [1.165, 1.54) is 0 Å². The molecule has 1 aromatic rings. The topological polar surface area (TPSA) is 36.7 Å². The van der Waals surface area contributed by atoms with Crippen molar-refractivity contribution < 1.29 is 0 Å². The zero-order valence-corrected chi connectivity index (χ0v) is 6.66. The van der Waals surface area contributed by atoms with E-state index in [9.17, 15) is 0 Å². The second kappa shape index (κ2) is 2.78. The summed E-state index contributed by atoms with van der Waals surface area (Å²) in [5.74, 6) is 0. The molecule has 1 rings (SSSR count). The summed E-state index contributed by atoms with van der Waals surface area (Å²) in [5.41, 5.74) is 0.637. The van der Waals surface area contributed by atoms with Gasteiger partial charge in [-0.15, -0.1) is 0 Å². The molecule has 2 nitrogen and oxygen atoms in total. The van der Waals surface area contributed by atoms with Gasteiger partial charge in [-0.25, -0.2) is 0 Å². The third-order valence-corrected chi connectivity index (χ3v) is 1.83. The van der Waals surface area contributed by atoms with Crippen molar-refractivity contribution in [3.8, 4) is 6.07 Å². The van der Waals surface area contributed by atoms with Gasteiger partial charge < -0.3 is 0 Å². The fourth-order valence-electron chi connectivity index (χ4n) is 0.460. The lowest BCUT2D eigenvalue weighted by Crippen LogP contribution is -1.80. The van der Waals surface area contributed by atoms with Gasteiger partial charge in [-0.3, -0.25) is 4.98 Å². The first kappa shape index (κ1) is 6.49. The average molecular weight is 230 g/mol. The second-order valence-corrected chi connectivity index (χ2v) is 2.63. The van der Waals surface area contributed by atoms with Crippen LogP contribution in [0.15, 0.2) is 18.5 Å². The third-order valence-electron chi connectivity index (χ3n) is 0.888. The van der Waals surface area contributed by atoms with Crippen molar-refractivity contribution in [2.24, 2.45) is 0 Å². The number of nitriles is 1. The predicted molar refractivity (Wildman–Crippen MR) is 41.7 cm³/mol. The van der Waals surface area contributed by atoms with Crippen LogP contribution in [0, 0.1) is 14.9 Å². The number of aromatic nitrogens is 1. The Kier molecular flexibility index (Phi) is 2.01. The molecule has 3 heteroatoms. The smallest absolute Gasteiger partial charge is 0.102 e. The first-order chi connectivity index (χ1) is 4.34. The molecule has 0 saturated carbocycles. The average Bonchev–Trinajstić information content (AvgIpc) is 1.89. The molecule has 0 bridgehead atoms. The molecule has 9 heavy (non-hydrogen) atoms. The highest BCUT2D eigenvalue weighted by Gasteiger charge is 1.93. The molecule has 44 valence electrons. The molecule has 0 spiro atoms. The SMILES string of the molecule is N#Cc1cnccc1I. The van der Waals surface area contributed by atoms with Gasteiger partial charge in [0.05, 0.1) is 5.56 Å². The highest BCUT2D eigenvalue weighted by molar-refractivity contribution is 14.1. The van der Waals surface area contributed by atoms with Crippen LogP contribution in [-0.4, -0.2) is 4.98 Å². The van der Waals surface area contributed by atoms with Gasteiger partial charge >= 0.3 is 0 Å². The predicted octanol–water partition coefficient (Wildman–Crippen LogP) is 1.56. The largest absolute Gasteiger partial charge is 0.263 e. The Balaban J connectivity index is 3.20. The van der Waals surface area contributed by atoms with Gasteiger partial charge in [0.2, 0.25) is 0 Å². The summed E-state index contributed by atoms with van der Waals surface area (Å²) in [7, 11) is 0. The van der Waals surface area contributed by atoms with Crippen LogP contribution in [0.4, 0.5) is 0 Å². The van der Waals surface area contributed by atoms with Crippen molar-refractivity contribution in [3.63, 3.8) is 0 Å². The molecule has 0 aromatic carbocycles. The van der Waals surface area contributed by atoms with E-state index < -0.39 is 0 Å². The van der Waals surface area contributed by atoms with Gasteiger partial charge in [0.25, 0.3) is 0 Å². The summed E-state index contributed by atoms with van der Waals surface area (Å²) in [4.78, 5) is 3.79. The van der Waals surface area contributed by atoms with Gasteiger partial charge in [-0.2, -0.15) is 5.26 Å². The van der Waals surface area contributed by atoms with Crippen LogP contribution in [0.5, 0.6) is 0 Å². The monoisotopic (exact) mass is 230 g/mol. The number of halogens is 1. The molecular weight excluding hydrogens is 227 g/mol. The Hall–Kier alpha value is -0.630. The molecule has 0 radical (unpaired) electrons. The molecule has 0 unspecified atom stereocenters. The van der Waals surface area contributed by atoms with Crippen LogP contribution < -0.4 is 0 Å². The lowest BCUT2D eigenvalue weighted by molar-refractivity contribution is 1.28. The van der Waals surface area contributed by atoms with E-state index >= 15 is 0 Å². The van der Waals surface area contributed by atoms with Crippen LogP contribution in [0.3, 0.4) is 0 Å². The summed E-state index contributed by atoms with van der Waals surface area (Å²) in [6.45, 7) is 0. The molecule has 0 aliphatic heterocycles. The van der Waals surface area contributed by atoms with Crippen molar-refractivity contribution in [3.05, 3.63) is 27.6 Å². The Morgan fingerprint density at radius 3 is 2.89 bits per heavy atom. The zero-order chi connectivity index (χ0) is 6.69. The number of rotatable bonds is 0. The molecule has 0 atom stereocenters. The number of nitrogens with zero attached hydrogens (tertiary/aromatic N) is 2. The standard InChI is InChI=1S/C6H3IN2/c7-6-1-2-9-4-5(6)3-8/h1-2,4H. The summed E-state index contributed by atoms with van der Waals surface area (Å²) < 4.78 is 0.949. The van der Waals surface area contributed by atoms with Gasteiger partial charge in [0, 0.05) is 16.0 Å². The molecule has 0 aliphatic rings. The molecular formula is C6H3IN2. The lowest BCUT2D eigenvalue weighted by Gasteiger charge is -1.88. The maximum Gasteiger partial charge on any atom is 0.102 e. The summed E-state index contributed by atoms with van der Waals surface area (Å²) in [6, 6.07) is 3.83. The minimum atomic E-state index is 0.637. The van der Waals surface area contributed by atoms with Crippen molar-refractivity contribution in [1.82, 2.24) is 4.98 Å². The molecule has 0 N–H and O–H groups in total. The van der Waals surface area contributed by atoms with Crippen molar-refractivity contribution in [2.75, 3.05) is 0 Å². The second-order valence-electron chi connectivity index (χ2n) is 1.47. The van der Waals surface area contributed by atoms with E-state index in [4.69, 9.17) is 5.26 Å². The third kappa shape index (κ3) is 1.39. The first-order valence-electron chi connectivity index (χ1n) is 2.34. The number of hydrogen-bond donors (Lipinski definition) is 0. The summed E-state index contributed by atoms with van der Waals surface area (Å²) in [6.07, 6.45) is 3.23. The fourth-order valence-corrected chi connectivity index (χ4v) is 0.880. The van der Waals surface area contributed by atoms with Crippen LogP contribution in [0.25, 0.3) is 0 Å². The van der Waals surface area contributed by atoms with Gasteiger partial charge in [0.1, 0.15) is 6.07 Å². The highest BCUT2D eigenvalue weighted by atomic mass is 127. The molecule has 0 amide bonds. The van der Waals surface area contributed by atoms with Crippen LogP contribution in [0.2, 0.25) is 0 Å². The molecule has 0 aliphatic carbocycles. The van der Waals surface area contributed by atoms with Crippen LogP contribution >= 0.6 is 22.6 Å². The van der Waals surface area contributed by atoms with E-state index in [0.29, 0.717) is 5.56 Å². The normalized spacial score (nSPS) is 8.44. The quantitative estimate of drug-likeness (QED) is 0.634. The molecule has 1 aromatic heterocycles. The van der Waals surface area contributed by atoms with Crippen molar-refractivity contribution >= 4 is 22.6 Å². The Bertz CT molecular complexity index is 251. The Labute approximate surface area is 66.7 Å². The van der Waals surface area contributed by atoms with Gasteiger partial charge in [-0.1, -0.05) is 0 Å². The van der Waals surface area contributed by atoms with E-state index in [1.54, 1.807) is 18.5 Å². The van der Waals surface area contributed by atoms with Gasteiger partial charge in [0.15, 0.2) is 0 Å². The number of pyridine rings is 1.